The molecule has 13 nitrogen and oxygen atoms in total. The summed E-state index contributed by atoms with van der Waals surface area (Å²) in [7, 11) is 0. The summed E-state index contributed by atoms with van der Waals surface area (Å²) in [6.07, 6.45) is 4.82. The molecule has 2 amide bonds. The smallest absolute Gasteiger partial charge is 0.274 e. The molecule has 0 spiro atoms. The highest BCUT2D eigenvalue weighted by Crippen LogP contribution is 2.32. The minimum Gasteiger partial charge on any atom is -0.367 e. The molecule has 0 bridgehead atoms. The van der Waals surface area contributed by atoms with E-state index in [1.54, 1.807) is 28.9 Å². The number of benzene rings is 2. The van der Waals surface area contributed by atoms with Crippen LogP contribution in [0.15, 0.2) is 97.3 Å². The number of carbonyl (C=O) groups excluding carboxylic acids is 2. The second-order valence-corrected chi connectivity index (χ2v) is 14.8. The lowest BCUT2D eigenvalue weighted by atomic mass is 10.1. The van der Waals surface area contributed by atoms with Gasteiger partial charge in [0.05, 0.1) is 58.8 Å². The number of aryl methyl sites for hydroxylation is 4. The summed E-state index contributed by atoms with van der Waals surface area (Å²) in [5, 5.41) is 15.1. The third-order valence-corrected chi connectivity index (χ3v) is 11.0. The third kappa shape index (κ3) is 7.49. The largest absolute Gasteiger partial charge is 0.367 e. The second kappa shape index (κ2) is 16.3. The molecule has 0 radical (unpaired) electrons. The number of rotatable bonds is 10. The zero-order chi connectivity index (χ0) is 39.9. The predicted molar refractivity (Wildman–Crippen MR) is 233 cm³/mol. The topological polar surface area (TPSA) is 131 Å². The Morgan fingerprint density at radius 1 is 0.712 bits per heavy atom. The van der Waals surface area contributed by atoms with E-state index in [-0.39, 0.29) is 24.2 Å². The quantitative estimate of drug-likeness (QED) is 0.152. The number of fused-ring (bicyclic) bond motifs is 3. The molecule has 2 aromatic carbocycles. The lowest BCUT2D eigenvalue weighted by Crippen LogP contribution is -2.48. The Kier molecular flexibility index (Phi) is 10.9. The fourth-order valence-electron chi connectivity index (χ4n) is 8.18. The molecule has 0 saturated carbocycles. The number of pyridine rings is 3. The number of hydrogen-bond donors (Lipinski definition) is 1. The number of aromatic nitrogens is 8. The Balaban J connectivity index is 0.00000484. The second-order valence-electron chi connectivity index (χ2n) is 14.8. The van der Waals surface area contributed by atoms with E-state index in [1.165, 1.54) is 0 Å². The van der Waals surface area contributed by atoms with Gasteiger partial charge in [-0.05, 0) is 87.4 Å². The molecule has 7 heterocycles. The molecular weight excluding hydrogens is 762 g/mol. The number of imidazole rings is 1. The molecule has 9 rings (SSSR count). The van der Waals surface area contributed by atoms with E-state index < -0.39 is 0 Å². The van der Waals surface area contributed by atoms with Crippen LogP contribution in [0.3, 0.4) is 0 Å². The highest BCUT2D eigenvalue weighted by molar-refractivity contribution is 6.09. The average Bonchev–Trinajstić information content (AvgIpc) is 3.94. The summed E-state index contributed by atoms with van der Waals surface area (Å²) in [5.74, 6) is -0.359. The van der Waals surface area contributed by atoms with Gasteiger partial charge < -0.3 is 15.1 Å². The van der Waals surface area contributed by atoms with Crippen molar-refractivity contribution in [2.45, 2.75) is 53.6 Å². The lowest BCUT2D eigenvalue weighted by molar-refractivity contribution is 0.0746. The van der Waals surface area contributed by atoms with E-state index in [4.69, 9.17) is 15.2 Å². The van der Waals surface area contributed by atoms with Crippen LogP contribution in [-0.2, 0) is 25.9 Å². The minimum atomic E-state index is -0.302. The number of amides is 2. The Morgan fingerprint density at radius 3 is 1.93 bits per heavy atom. The number of hydrogen-bond acceptors (Lipinski definition) is 8. The van der Waals surface area contributed by atoms with Gasteiger partial charge in [-0.25, -0.2) is 4.98 Å². The SMILES string of the molecule is CCc1nn(Cc2cccc(C)n2)c2cccc(NC(=O)c3cnc4cc(C(=O)N5CCN(c6cccc7c6c(CC)nn7Cc6cccc(C)n6)CC5)ccn34)c12.Cl. The first kappa shape index (κ1) is 39.2. The zero-order valence-electron chi connectivity index (χ0n) is 33.6. The molecular formula is C45H46ClN11O2. The van der Waals surface area contributed by atoms with E-state index in [1.807, 2.05) is 78.0 Å². The van der Waals surface area contributed by atoms with Crippen molar-refractivity contribution in [1.82, 2.24) is 43.8 Å². The van der Waals surface area contributed by atoms with Gasteiger partial charge in [-0.3, -0.25) is 33.3 Å². The molecule has 300 valence electrons. The van der Waals surface area contributed by atoms with Gasteiger partial charge >= 0.3 is 0 Å². The normalized spacial score (nSPS) is 13.0. The van der Waals surface area contributed by atoms with Gasteiger partial charge in [0, 0.05) is 65.8 Å². The Hall–Kier alpha value is -6.60. The van der Waals surface area contributed by atoms with Crippen molar-refractivity contribution in [1.29, 1.82) is 0 Å². The molecule has 14 heteroatoms. The summed E-state index contributed by atoms with van der Waals surface area (Å²) in [5.41, 5.74) is 11.1. The highest BCUT2D eigenvalue weighted by Gasteiger charge is 2.26. The van der Waals surface area contributed by atoms with E-state index in [2.05, 4.69) is 56.9 Å². The predicted octanol–water partition coefficient (Wildman–Crippen LogP) is 7.30. The van der Waals surface area contributed by atoms with Gasteiger partial charge in [-0.1, -0.05) is 38.1 Å². The first-order valence-corrected chi connectivity index (χ1v) is 19.9. The summed E-state index contributed by atoms with van der Waals surface area (Å²) in [6, 6.07) is 27.8. The van der Waals surface area contributed by atoms with Crippen molar-refractivity contribution in [3.05, 3.63) is 143 Å². The number of halogens is 1. The van der Waals surface area contributed by atoms with Gasteiger partial charge in [0.25, 0.3) is 11.8 Å². The maximum absolute atomic E-state index is 13.9. The molecule has 6 aromatic heterocycles. The van der Waals surface area contributed by atoms with E-state index in [0.29, 0.717) is 68.3 Å². The summed E-state index contributed by atoms with van der Waals surface area (Å²) in [6.45, 7) is 11.9. The number of piperazine rings is 1. The molecule has 1 N–H and O–H groups in total. The number of nitrogens with zero attached hydrogens (tertiary/aromatic N) is 10. The average molecular weight is 808 g/mol. The van der Waals surface area contributed by atoms with Crippen LogP contribution in [0.25, 0.3) is 27.5 Å². The summed E-state index contributed by atoms with van der Waals surface area (Å²) < 4.78 is 5.73. The Bertz CT molecular complexity index is 2850. The van der Waals surface area contributed by atoms with Crippen LogP contribution in [-0.4, -0.2) is 81.8 Å². The van der Waals surface area contributed by atoms with Crippen LogP contribution in [0.4, 0.5) is 11.4 Å². The van der Waals surface area contributed by atoms with Crippen molar-refractivity contribution in [2.75, 3.05) is 36.4 Å². The number of anilines is 2. The maximum atomic E-state index is 13.9. The fraction of sp³-hybridized carbons (Fsp3) is 0.267. The standard InChI is InChI=1S/C45H45N11O2.ClH/c1-5-34-42-36(15-9-17-38(42)55(50-34)27-32-13-7-11-29(3)47-32)49-44(57)40-26-46-41-25-31(19-20-54(40)41)45(58)53-23-21-52(22-24-53)37-16-10-18-39-43(37)35(6-2)51-56(39)28-33-14-8-12-30(4)48-33;/h7-20,25-26H,5-6,21-24,27-28H2,1-4H3,(H,49,57);1H. The monoisotopic (exact) mass is 807 g/mol. The summed E-state index contributed by atoms with van der Waals surface area (Å²) in [4.78, 5) is 45.8. The molecule has 59 heavy (non-hydrogen) atoms. The minimum absolute atomic E-state index is 0. The molecule has 1 aliphatic rings. The van der Waals surface area contributed by atoms with Crippen molar-refractivity contribution < 1.29 is 9.59 Å². The zero-order valence-corrected chi connectivity index (χ0v) is 34.4. The van der Waals surface area contributed by atoms with Gasteiger partial charge in [-0.2, -0.15) is 10.2 Å². The van der Waals surface area contributed by atoms with Gasteiger partial charge in [-0.15, -0.1) is 12.4 Å². The Labute approximate surface area is 348 Å². The molecule has 0 aliphatic carbocycles. The molecule has 0 atom stereocenters. The molecule has 1 saturated heterocycles. The number of carbonyl (C=O) groups is 2. The maximum Gasteiger partial charge on any atom is 0.274 e. The van der Waals surface area contributed by atoms with Crippen LogP contribution in [0.1, 0.15) is 68.9 Å². The van der Waals surface area contributed by atoms with Crippen LogP contribution >= 0.6 is 12.4 Å². The van der Waals surface area contributed by atoms with Gasteiger partial charge in [0.1, 0.15) is 11.3 Å². The Morgan fingerprint density at radius 2 is 1.31 bits per heavy atom. The van der Waals surface area contributed by atoms with E-state index >= 15 is 0 Å². The van der Waals surface area contributed by atoms with Crippen LogP contribution in [0.2, 0.25) is 0 Å². The van der Waals surface area contributed by atoms with Crippen LogP contribution < -0.4 is 10.2 Å². The summed E-state index contributed by atoms with van der Waals surface area (Å²) >= 11 is 0. The van der Waals surface area contributed by atoms with Crippen molar-refractivity contribution in [3.63, 3.8) is 0 Å². The lowest BCUT2D eigenvalue weighted by Gasteiger charge is -2.36. The van der Waals surface area contributed by atoms with Gasteiger partial charge in [0.2, 0.25) is 0 Å². The first-order chi connectivity index (χ1) is 28.3. The van der Waals surface area contributed by atoms with E-state index in [9.17, 15) is 9.59 Å². The van der Waals surface area contributed by atoms with Crippen LogP contribution in [0, 0.1) is 13.8 Å². The van der Waals surface area contributed by atoms with Crippen molar-refractivity contribution in [2.24, 2.45) is 0 Å². The third-order valence-electron chi connectivity index (χ3n) is 11.0. The fourth-order valence-corrected chi connectivity index (χ4v) is 8.18. The number of nitrogens with one attached hydrogen (secondary N) is 1. The van der Waals surface area contributed by atoms with Crippen LogP contribution in [0.5, 0.6) is 0 Å². The molecule has 0 unspecified atom stereocenters. The molecule has 8 aromatic rings. The van der Waals surface area contributed by atoms with Crippen molar-refractivity contribution in [3.8, 4) is 0 Å². The first-order valence-electron chi connectivity index (χ1n) is 19.9. The van der Waals surface area contributed by atoms with E-state index in [0.717, 1.165) is 68.1 Å². The van der Waals surface area contributed by atoms with Gasteiger partial charge in [0.15, 0.2) is 0 Å². The molecule has 1 fully saturated rings. The molecule has 1 aliphatic heterocycles. The van der Waals surface area contributed by atoms with Crippen molar-refractivity contribution >= 4 is 63.0 Å². The highest BCUT2D eigenvalue weighted by atomic mass is 35.5.